The number of carbonyl (C=O) groups excluding carboxylic acids is 1. The average Bonchev–Trinajstić information content (AvgIpc) is 3.20. The molecule has 9 heteroatoms. The molecular weight excluding hydrogens is 429 g/mol. The number of thiophene rings is 1. The average molecular weight is 439 g/mol. The van der Waals surface area contributed by atoms with Crippen molar-refractivity contribution in [2.45, 2.75) is 11.2 Å². The molecule has 0 radical (unpaired) electrons. The number of ketones is 1. The molecule has 0 aliphatic heterocycles. The van der Waals surface area contributed by atoms with Crippen molar-refractivity contribution in [3.05, 3.63) is 69.6 Å². The van der Waals surface area contributed by atoms with Crippen molar-refractivity contribution < 1.29 is 18.0 Å². The fourth-order valence-electron chi connectivity index (χ4n) is 2.36. The molecule has 0 bridgehead atoms. The van der Waals surface area contributed by atoms with Crippen molar-refractivity contribution in [1.29, 1.82) is 5.26 Å². The van der Waals surface area contributed by atoms with Crippen molar-refractivity contribution in [2.24, 2.45) is 0 Å². The monoisotopic (exact) mass is 438 g/mol. The van der Waals surface area contributed by atoms with E-state index in [2.05, 4.69) is 4.98 Å². The van der Waals surface area contributed by atoms with Gasteiger partial charge >= 0.3 is 6.18 Å². The predicted molar refractivity (Wildman–Crippen MR) is 104 cm³/mol. The summed E-state index contributed by atoms with van der Waals surface area (Å²) in [6.07, 6.45) is -4.71. The van der Waals surface area contributed by atoms with E-state index in [1.165, 1.54) is 23.5 Å². The van der Waals surface area contributed by atoms with E-state index in [9.17, 15) is 23.2 Å². The highest BCUT2D eigenvalue weighted by Crippen LogP contribution is 2.38. The molecule has 2 heterocycles. The van der Waals surface area contributed by atoms with Crippen LogP contribution in [-0.4, -0.2) is 16.5 Å². The maximum Gasteiger partial charge on any atom is 0.417 e. The second-order valence-electron chi connectivity index (χ2n) is 5.54. The lowest BCUT2D eigenvalue weighted by Crippen LogP contribution is -2.11. The van der Waals surface area contributed by atoms with Gasteiger partial charge in [-0.3, -0.25) is 4.79 Å². The Morgan fingerprint density at radius 2 is 1.96 bits per heavy atom. The summed E-state index contributed by atoms with van der Waals surface area (Å²) in [5.41, 5.74) is -1.15. The van der Waals surface area contributed by atoms with Crippen LogP contribution in [0, 0.1) is 11.3 Å². The summed E-state index contributed by atoms with van der Waals surface area (Å²) >= 11 is 7.83. The van der Waals surface area contributed by atoms with Crippen LogP contribution in [0.15, 0.2) is 52.9 Å². The van der Waals surface area contributed by atoms with Crippen molar-refractivity contribution in [3.8, 4) is 16.6 Å². The largest absolute Gasteiger partial charge is 0.417 e. The highest BCUT2D eigenvalue weighted by Gasteiger charge is 2.36. The Labute approximate surface area is 171 Å². The number of alkyl halides is 3. The zero-order valence-corrected chi connectivity index (χ0v) is 16.3. The molecule has 142 valence electrons. The van der Waals surface area contributed by atoms with E-state index in [4.69, 9.17) is 11.6 Å². The van der Waals surface area contributed by atoms with Crippen LogP contribution in [0.25, 0.3) is 10.6 Å². The second kappa shape index (κ2) is 8.35. The van der Waals surface area contributed by atoms with Crippen LogP contribution in [0.1, 0.15) is 21.5 Å². The van der Waals surface area contributed by atoms with Gasteiger partial charge in [-0.05, 0) is 41.8 Å². The molecule has 0 saturated carbocycles. The number of nitrogens with zero attached hydrogens (tertiary/aromatic N) is 2. The first-order chi connectivity index (χ1) is 13.3. The molecule has 0 aliphatic carbocycles. The molecule has 0 amide bonds. The third-order valence-electron chi connectivity index (χ3n) is 3.68. The number of thioether (sulfide) groups is 1. The number of carbonyl (C=O) groups is 1. The molecule has 3 nitrogen and oxygen atoms in total. The van der Waals surface area contributed by atoms with Crippen LogP contribution in [0.3, 0.4) is 0 Å². The van der Waals surface area contributed by atoms with Gasteiger partial charge in [0.05, 0.1) is 27.5 Å². The van der Waals surface area contributed by atoms with E-state index in [1.807, 2.05) is 0 Å². The third-order valence-corrected chi connectivity index (χ3v) is 5.80. The van der Waals surface area contributed by atoms with Crippen LogP contribution in [0.2, 0.25) is 5.02 Å². The molecule has 0 fully saturated rings. The van der Waals surface area contributed by atoms with Gasteiger partial charge in [-0.15, -0.1) is 11.3 Å². The molecular formula is C19H10ClF3N2OS2. The molecule has 0 aliphatic rings. The fraction of sp³-hybridized carbons (Fsp3) is 0.105. The highest BCUT2D eigenvalue weighted by atomic mass is 35.5. The molecule has 3 aromatic rings. The quantitative estimate of drug-likeness (QED) is 0.345. The van der Waals surface area contributed by atoms with Crippen LogP contribution in [0.5, 0.6) is 0 Å². The van der Waals surface area contributed by atoms with E-state index in [0.717, 1.165) is 17.8 Å². The lowest BCUT2D eigenvalue weighted by Gasteiger charge is -2.13. The zero-order chi connectivity index (χ0) is 20.3. The van der Waals surface area contributed by atoms with Crippen molar-refractivity contribution >= 4 is 40.5 Å². The minimum Gasteiger partial charge on any atom is -0.293 e. The summed E-state index contributed by atoms with van der Waals surface area (Å²) in [6.45, 7) is 0. The topological polar surface area (TPSA) is 53.8 Å². The summed E-state index contributed by atoms with van der Waals surface area (Å²) in [5, 5.41) is 11.4. The third kappa shape index (κ3) is 4.55. The van der Waals surface area contributed by atoms with Gasteiger partial charge in [0, 0.05) is 10.6 Å². The van der Waals surface area contributed by atoms with E-state index in [0.29, 0.717) is 15.5 Å². The summed E-state index contributed by atoms with van der Waals surface area (Å²) in [4.78, 5) is 17.1. The SMILES string of the molecule is N#Cc1c(C(F)(F)F)cc(-c2cccs2)nc1SCC(=O)c1ccc(Cl)cc1. The Kier molecular flexibility index (Phi) is 6.08. The van der Waals surface area contributed by atoms with Crippen LogP contribution >= 0.6 is 34.7 Å². The van der Waals surface area contributed by atoms with E-state index < -0.39 is 17.3 Å². The molecule has 2 aromatic heterocycles. The van der Waals surface area contributed by atoms with Gasteiger partial charge in [0.2, 0.25) is 0 Å². The Morgan fingerprint density at radius 1 is 1.25 bits per heavy atom. The first-order valence-corrected chi connectivity index (χ1v) is 10.0. The van der Waals surface area contributed by atoms with E-state index in [1.54, 1.807) is 35.7 Å². The Hall–Kier alpha value is -2.34. The molecule has 0 N–H and O–H groups in total. The number of benzene rings is 1. The van der Waals surface area contributed by atoms with Crippen molar-refractivity contribution in [1.82, 2.24) is 4.98 Å². The minimum absolute atomic E-state index is 0.114. The summed E-state index contributed by atoms with van der Waals surface area (Å²) in [7, 11) is 0. The number of rotatable bonds is 5. The zero-order valence-electron chi connectivity index (χ0n) is 14.0. The number of hydrogen-bond donors (Lipinski definition) is 0. The van der Waals surface area contributed by atoms with Crippen molar-refractivity contribution in [3.63, 3.8) is 0 Å². The number of pyridine rings is 1. The summed E-state index contributed by atoms with van der Waals surface area (Å²) in [5.74, 6) is -0.462. The lowest BCUT2D eigenvalue weighted by molar-refractivity contribution is -0.138. The Morgan fingerprint density at radius 3 is 2.54 bits per heavy atom. The molecule has 0 spiro atoms. The normalized spacial score (nSPS) is 11.2. The maximum absolute atomic E-state index is 13.5. The van der Waals surface area contributed by atoms with Gasteiger partial charge in [-0.2, -0.15) is 18.4 Å². The van der Waals surface area contributed by atoms with Gasteiger partial charge in [-0.25, -0.2) is 4.98 Å². The summed E-state index contributed by atoms with van der Waals surface area (Å²) < 4.78 is 40.4. The number of Topliss-reactive ketones (excluding diaryl/α,β-unsaturated/α-hetero) is 1. The number of hydrogen-bond acceptors (Lipinski definition) is 5. The molecule has 1 aromatic carbocycles. The van der Waals surface area contributed by atoms with Crippen molar-refractivity contribution in [2.75, 3.05) is 5.75 Å². The van der Waals surface area contributed by atoms with Gasteiger partial charge in [0.1, 0.15) is 11.1 Å². The summed E-state index contributed by atoms with van der Waals surface area (Å²) in [6, 6.07) is 12.0. The number of halogens is 4. The van der Waals surface area contributed by atoms with E-state index in [-0.39, 0.29) is 22.3 Å². The van der Waals surface area contributed by atoms with Crippen LogP contribution in [0.4, 0.5) is 13.2 Å². The standard InChI is InChI=1S/C19H10ClF3N2OS2/c20-12-5-3-11(4-6-12)16(26)10-28-18-13(9-24)14(19(21,22)23)8-15(25-18)17-2-1-7-27-17/h1-8H,10H2. The van der Waals surface area contributed by atoms with Crippen LogP contribution in [-0.2, 0) is 6.18 Å². The first kappa shape index (κ1) is 20.4. The molecule has 3 rings (SSSR count). The lowest BCUT2D eigenvalue weighted by atomic mass is 10.1. The van der Waals surface area contributed by atoms with Gasteiger partial charge in [0.25, 0.3) is 0 Å². The predicted octanol–water partition coefficient (Wildman–Crippen LogP) is 6.33. The highest BCUT2D eigenvalue weighted by molar-refractivity contribution is 8.00. The Bertz CT molecular complexity index is 1040. The molecule has 0 unspecified atom stereocenters. The van der Waals surface area contributed by atoms with Gasteiger partial charge in [-0.1, -0.05) is 29.4 Å². The molecule has 28 heavy (non-hydrogen) atoms. The van der Waals surface area contributed by atoms with Gasteiger partial charge < -0.3 is 0 Å². The minimum atomic E-state index is -4.71. The smallest absolute Gasteiger partial charge is 0.293 e. The molecule has 0 atom stereocenters. The fourth-order valence-corrected chi connectivity index (χ4v) is 4.07. The second-order valence-corrected chi connectivity index (χ2v) is 7.89. The van der Waals surface area contributed by atoms with Gasteiger partial charge in [0.15, 0.2) is 5.78 Å². The maximum atomic E-state index is 13.5. The molecule has 0 saturated heterocycles. The van der Waals surface area contributed by atoms with Crippen LogP contribution < -0.4 is 0 Å². The van der Waals surface area contributed by atoms with E-state index >= 15 is 0 Å². The number of nitriles is 1. The number of aromatic nitrogens is 1. The first-order valence-electron chi connectivity index (χ1n) is 7.77. The Balaban J connectivity index is 1.97.